The molecule has 0 aromatic carbocycles. The molecule has 0 radical (unpaired) electrons. The molecular weight excluding hydrogens is 336 g/mol. The van der Waals surface area contributed by atoms with E-state index in [0.717, 1.165) is 0 Å². The number of alkyl halides is 2. The molecule has 3 heterocycles. The highest BCUT2D eigenvalue weighted by Crippen LogP contribution is 2.26. The summed E-state index contributed by atoms with van der Waals surface area (Å²) < 4.78 is 31.3. The molecule has 1 atom stereocenters. The molecule has 2 aliphatic heterocycles. The fourth-order valence-electron chi connectivity index (χ4n) is 3.05. The maximum atomic E-state index is 13.2. The van der Waals surface area contributed by atoms with Crippen LogP contribution < -0.4 is 10.6 Å². The van der Waals surface area contributed by atoms with Crippen LogP contribution in [0.15, 0.2) is 10.6 Å². The highest BCUT2D eigenvalue weighted by Gasteiger charge is 2.43. The summed E-state index contributed by atoms with van der Waals surface area (Å²) in [6.07, 6.45) is -0.453. The molecule has 0 spiro atoms. The van der Waals surface area contributed by atoms with Crippen molar-refractivity contribution in [2.75, 3.05) is 44.6 Å². The number of aromatic nitrogens is 1. The van der Waals surface area contributed by atoms with Gasteiger partial charge < -0.3 is 14.7 Å². The lowest BCUT2D eigenvalue weighted by atomic mass is 10.1. The first-order chi connectivity index (χ1) is 11.8. The van der Waals surface area contributed by atoms with Crippen molar-refractivity contribution in [1.82, 2.24) is 20.3 Å². The minimum absolute atomic E-state index is 0.174. The Bertz CT molecular complexity index is 643. The number of nitrogens with zero attached hydrogens (tertiary/aromatic N) is 3. The van der Waals surface area contributed by atoms with Gasteiger partial charge in [0.05, 0.1) is 19.1 Å². The van der Waals surface area contributed by atoms with Gasteiger partial charge in [0.25, 0.3) is 5.92 Å². The molecule has 25 heavy (non-hydrogen) atoms. The molecule has 10 heteroatoms. The highest BCUT2D eigenvalue weighted by atomic mass is 19.3. The first-order valence-corrected chi connectivity index (χ1v) is 8.18. The van der Waals surface area contributed by atoms with Crippen LogP contribution >= 0.6 is 0 Å². The van der Waals surface area contributed by atoms with Gasteiger partial charge in [-0.05, 0) is 6.92 Å². The van der Waals surface area contributed by atoms with E-state index in [1.54, 1.807) is 17.9 Å². The van der Waals surface area contributed by atoms with E-state index in [9.17, 15) is 18.4 Å². The lowest BCUT2D eigenvalue weighted by Crippen LogP contribution is -2.54. The van der Waals surface area contributed by atoms with Crippen LogP contribution in [0.2, 0.25) is 0 Å². The Morgan fingerprint density at radius 1 is 1.40 bits per heavy atom. The zero-order valence-corrected chi connectivity index (χ0v) is 13.9. The van der Waals surface area contributed by atoms with Gasteiger partial charge in [-0.3, -0.25) is 19.8 Å². The summed E-state index contributed by atoms with van der Waals surface area (Å²) in [5.41, 5.74) is 0. The third kappa shape index (κ3) is 4.51. The van der Waals surface area contributed by atoms with Crippen molar-refractivity contribution in [1.29, 1.82) is 0 Å². The maximum absolute atomic E-state index is 13.2. The number of anilines is 1. The monoisotopic (exact) mass is 357 g/mol. The Labute approximate surface area is 143 Å². The average molecular weight is 357 g/mol. The number of halogens is 2. The van der Waals surface area contributed by atoms with Gasteiger partial charge in [-0.15, -0.1) is 0 Å². The van der Waals surface area contributed by atoms with E-state index in [1.807, 2.05) is 4.90 Å². The smallest absolute Gasteiger partial charge is 0.262 e. The number of rotatable bonds is 4. The molecule has 1 unspecified atom stereocenters. The average Bonchev–Trinajstić information content (AvgIpc) is 3.12. The lowest BCUT2D eigenvalue weighted by molar-refractivity contribution is -0.135. The predicted octanol–water partition coefficient (Wildman–Crippen LogP) is 0.0629. The second-order valence-electron chi connectivity index (χ2n) is 6.47. The molecule has 1 aromatic heterocycles. The molecule has 0 bridgehead atoms. The molecule has 2 saturated heterocycles. The first-order valence-electron chi connectivity index (χ1n) is 8.18. The molecule has 0 aliphatic carbocycles. The topological polar surface area (TPSA) is 90.7 Å². The van der Waals surface area contributed by atoms with Crippen LogP contribution in [0.25, 0.3) is 0 Å². The van der Waals surface area contributed by atoms with Crippen LogP contribution in [0.3, 0.4) is 0 Å². The van der Waals surface area contributed by atoms with E-state index >= 15 is 0 Å². The Morgan fingerprint density at radius 3 is 2.68 bits per heavy atom. The minimum atomic E-state index is -2.82. The summed E-state index contributed by atoms with van der Waals surface area (Å²) in [5.74, 6) is -2.36. The Hall–Kier alpha value is -2.07. The number of piperazine rings is 1. The van der Waals surface area contributed by atoms with E-state index in [1.165, 1.54) is 0 Å². The van der Waals surface area contributed by atoms with Gasteiger partial charge in [0, 0.05) is 38.7 Å². The van der Waals surface area contributed by atoms with Crippen LogP contribution in [0.4, 0.5) is 14.6 Å². The number of hydrogen-bond donors (Lipinski definition) is 2. The van der Waals surface area contributed by atoms with Crippen LogP contribution in [0, 0.1) is 6.92 Å². The summed E-state index contributed by atoms with van der Waals surface area (Å²) in [6, 6.07) is 0.805. The van der Waals surface area contributed by atoms with Crippen molar-refractivity contribution in [3.05, 3.63) is 11.8 Å². The van der Waals surface area contributed by atoms with Crippen LogP contribution in [0.5, 0.6) is 0 Å². The fraction of sp³-hybridized carbons (Fsp3) is 0.667. The van der Waals surface area contributed by atoms with Gasteiger partial charge in [0.1, 0.15) is 5.76 Å². The molecule has 8 nitrogen and oxygen atoms in total. The third-order valence-corrected chi connectivity index (χ3v) is 4.35. The number of amides is 2. The third-order valence-electron chi connectivity index (χ3n) is 4.35. The summed E-state index contributed by atoms with van der Waals surface area (Å²) >= 11 is 0. The fourth-order valence-corrected chi connectivity index (χ4v) is 3.05. The van der Waals surface area contributed by atoms with Gasteiger partial charge in [0.15, 0.2) is 5.82 Å². The van der Waals surface area contributed by atoms with Gasteiger partial charge >= 0.3 is 0 Å². The van der Waals surface area contributed by atoms with Gasteiger partial charge in [-0.2, -0.15) is 0 Å². The molecule has 3 rings (SSSR count). The molecule has 1 aromatic rings. The number of nitrogens with one attached hydrogen (secondary N) is 2. The van der Waals surface area contributed by atoms with Crippen molar-refractivity contribution in [3.8, 4) is 0 Å². The van der Waals surface area contributed by atoms with Crippen molar-refractivity contribution < 1.29 is 22.9 Å². The van der Waals surface area contributed by atoms with E-state index in [4.69, 9.17) is 4.52 Å². The Balaban J connectivity index is 1.42. The van der Waals surface area contributed by atoms with E-state index < -0.39 is 24.9 Å². The number of carbonyl (C=O) groups excluding carboxylic acids is 2. The standard InChI is InChI=1S/C15H21F2N5O3/c1-10-6-12(20-25-10)19-13(23)8-21-2-4-22(5-3-21)14(24)11-7-15(16,17)9-18-11/h6,11,18H,2-5,7-9H2,1H3,(H,19,20,23). The van der Waals surface area contributed by atoms with E-state index in [0.29, 0.717) is 37.8 Å². The zero-order valence-electron chi connectivity index (χ0n) is 13.9. The molecule has 2 aliphatic rings. The van der Waals surface area contributed by atoms with Gasteiger partial charge in [-0.1, -0.05) is 5.16 Å². The maximum Gasteiger partial charge on any atom is 0.262 e. The summed E-state index contributed by atoms with van der Waals surface area (Å²) in [7, 11) is 0. The molecule has 138 valence electrons. The molecule has 2 amide bonds. The van der Waals surface area contributed by atoms with Crippen molar-refractivity contribution in [2.24, 2.45) is 0 Å². The SMILES string of the molecule is Cc1cc(NC(=O)CN2CCN(C(=O)C3CC(F)(F)CN3)CC2)no1. The Kier molecular flexibility index (Phi) is 5.00. The molecule has 2 N–H and O–H groups in total. The van der Waals surface area contributed by atoms with Crippen molar-refractivity contribution >= 4 is 17.6 Å². The second kappa shape index (κ2) is 7.04. The zero-order chi connectivity index (χ0) is 18.0. The second-order valence-corrected chi connectivity index (χ2v) is 6.47. The summed E-state index contributed by atoms with van der Waals surface area (Å²) in [5, 5.41) is 8.91. The number of aryl methyl sites for hydroxylation is 1. The number of carbonyl (C=O) groups is 2. The number of hydrogen-bond acceptors (Lipinski definition) is 6. The quantitative estimate of drug-likeness (QED) is 0.792. The normalized spacial score (nSPS) is 23.6. The van der Waals surface area contributed by atoms with Crippen LogP contribution in [-0.4, -0.2) is 78.0 Å². The van der Waals surface area contributed by atoms with Crippen molar-refractivity contribution in [3.63, 3.8) is 0 Å². The molecule has 2 fully saturated rings. The van der Waals surface area contributed by atoms with Gasteiger partial charge in [-0.25, -0.2) is 8.78 Å². The van der Waals surface area contributed by atoms with Gasteiger partial charge in [0.2, 0.25) is 11.8 Å². The highest BCUT2D eigenvalue weighted by molar-refractivity contribution is 5.91. The van der Waals surface area contributed by atoms with Crippen LogP contribution in [0.1, 0.15) is 12.2 Å². The minimum Gasteiger partial charge on any atom is -0.360 e. The lowest BCUT2D eigenvalue weighted by Gasteiger charge is -2.35. The van der Waals surface area contributed by atoms with E-state index in [2.05, 4.69) is 15.8 Å². The summed E-state index contributed by atoms with van der Waals surface area (Å²) in [6.45, 7) is 3.31. The Morgan fingerprint density at radius 2 is 2.12 bits per heavy atom. The molecular formula is C15H21F2N5O3. The molecule has 0 saturated carbocycles. The van der Waals surface area contributed by atoms with E-state index in [-0.39, 0.29) is 18.4 Å². The first kappa shape index (κ1) is 17.7. The predicted molar refractivity (Wildman–Crippen MR) is 84.2 cm³/mol. The largest absolute Gasteiger partial charge is 0.360 e. The van der Waals surface area contributed by atoms with Crippen molar-refractivity contribution in [2.45, 2.75) is 25.3 Å². The van der Waals surface area contributed by atoms with Crippen LogP contribution in [-0.2, 0) is 9.59 Å². The summed E-state index contributed by atoms with van der Waals surface area (Å²) in [4.78, 5) is 27.7.